The highest BCUT2D eigenvalue weighted by molar-refractivity contribution is 9.10. The van der Waals surface area contributed by atoms with E-state index in [1.165, 1.54) is 6.07 Å². The summed E-state index contributed by atoms with van der Waals surface area (Å²) in [5.74, 6) is -1.02. The maximum Gasteiger partial charge on any atom is 0.405 e. The summed E-state index contributed by atoms with van der Waals surface area (Å²) in [6.45, 7) is -0.875. The molecule has 1 amide bonds. The van der Waals surface area contributed by atoms with Crippen molar-refractivity contribution < 1.29 is 22.4 Å². The summed E-state index contributed by atoms with van der Waals surface area (Å²) in [5.41, 5.74) is 1.60. The molecule has 2 heterocycles. The van der Waals surface area contributed by atoms with Crippen molar-refractivity contribution in [1.29, 1.82) is 0 Å². The maximum absolute atomic E-state index is 14.5. The van der Waals surface area contributed by atoms with Gasteiger partial charge < -0.3 is 14.5 Å². The van der Waals surface area contributed by atoms with Crippen LogP contribution >= 0.6 is 28.1 Å². The molecule has 2 aliphatic rings. The fourth-order valence-corrected chi connectivity index (χ4v) is 4.91. The van der Waals surface area contributed by atoms with Crippen molar-refractivity contribution in [2.45, 2.75) is 36.9 Å². The first-order chi connectivity index (χ1) is 13.0. The molecule has 10 heteroatoms. The van der Waals surface area contributed by atoms with Crippen molar-refractivity contribution in [2.24, 2.45) is 7.05 Å². The fourth-order valence-electron chi connectivity index (χ4n) is 4.27. The number of nitrogens with zero attached hydrogens (tertiary/aromatic N) is 2. The van der Waals surface area contributed by atoms with Crippen molar-refractivity contribution in [3.05, 3.63) is 50.2 Å². The van der Waals surface area contributed by atoms with E-state index in [4.69, 9.17) is 12.2 Å². The SMILES string of the molecule is Cn1c(CC(=O)NCC(F)(F)F)c2n(c1=S)C[C@@]1(c3cc(Br)ccc3F)C[C@@H]21. The molecule has 150 valence electrons. The van der Waals surface area contributed by atoms with Gasteiger partial charge in [0, 0.05) is 40.8 Å². The molecule has 0 unspecified atom stereocenters. The Morgan fingerprint density at radius 1 is 1.43 bits per heavy atom. The van der Waals surface area contributed by atoms with Crippen LogP contribution in [0.15, 0.2) is 22.7 Å². The minimum absolute atomic E-state index is 0.00961. The lowest BCUT2D eigenvalue weighted by molar-refractivity contribution is -0.138. The minimum atomic E-state index is -4.46. The van der Waals surface area contributed by atoms with Gasteiger partial charge >= 0.3 is 6.18 Å². The summed E-state index contributed by atoms with van der Waals surface area (Å²) in [5, 5.41) is 1.90. The molecule has 1 aromatic heterocycles. The van der Waals surface area contributed by atoms with E-state index in [1.54, 1.807) is 23.7 Å². The van der Waals surface area contributed by atoms with E-state index in [-0.39, 0.29) is 18.2 Å². The fraction of sp³-hybridized carbons (Fsp3) is 0.444. The summed E-state index contributed by atoms with van der Waals surface area (Å²) >= 11 is 8.84. The molecule has 1 N–H and O–H groups in total. The molecule has 2 atom stereocenters. The molecule has 0 radical (unpaired) electrons. The van der Waals surface area contributed by atoms with E-state index in [2.05, 4.69) is 15.9 Å². The predicted molar refractivity (Wildman–Crippen MR) is 100 cm³/mol. The van der Waals surface area contributed by atoms with Gasteiger partial charge in [-0.1, -0.05) is 15.9 Å². The van der Waals surface area contributed by atoms with E-state index in [0.717, 1.165) is 16.6 Å². The second-order valence-corrected chi connectivity index (χ2v) is 8.65. The van der Waals surface area contributed by atoms with E-state index >= 15 is 0 Å². The number of rotatable bonds is 4. The van der Waals surface area contributed by atoms with Gasteiger partial charge in [-0.05, 0) is 42.4 Å². The van der Waals surface area contributed by atoms with Gasteiger partial charge in [0.05, 0.1) is 6.42 Å². The monoisotopic (exact) mass is 477 g/mol. The van der Waals surface area contributed by atoms with Crippen molar-refractivity contribution in [1.82, 2.24) is 14.5 Å². The van der Waals surface area contributed by atoms with Gasteiger partial charge in [0.1, 0.15) is 12.4 Å². The highest BCUT2D eigenvalue weighted by atomic mass is 79.9. The Hall–Kier alpha value is -1.68. The second-order valence-electron chi connectivity index (χ2n) is 7.37. The van der Waals surface area contributed by atoms with Crippen LogP contribution in [-0.2, 0) is 30.2 Å². The number of hydrogen-bond donors (Lipinski definition) is 1. The van der Waals surface area contributed by atoms with Crippen molar-refractivity contribution in [3.8, 4) is 0 Å². The van der Waals surface area contributed by atoms with Gasteiger partial charge in [0.25, 0.3) is 0 Å². The first-order valence-corrected chi connectivity index (χ1v) is 9.81. The Balaban J connectivity index is 1.64. The molecule has 1 aliphatic carbocycles. The predicted octanol–water partition coefficient (Wildman–Crippen LogP) is 4.12. The second kappa shape index (κ2) is 6.41. The van der Waals surface area contributed by atoms with Crippen LogP contribution in [0.4, 0.5) is 17.6 Å². The Kier molecular flexibility index (Phi) is 4.50. The Bertz CT molecular complexity index is 1040. The van der Waals surface area contributed by atoms with E-state index in [0.29, 0.717) is 22.6 Å². The van der Waals surface area contributed by atoms with E-state index < -0.39 is 24.0 Å². The molecule has 4 nitrogen and oxygen atoms in total. The van der Waals surface area contributed by atoms with Gasteiger partial charge in [-0.2, -0.15) is 13.2 Å². The molecule has 1 aliphatic heterocycles. The lowest BCUT2D eigenvalue weighted by atomic mass is 9.93. The topological polar surface area (TPSA) is 39.0 Å². The standard InChI is InChI=1S/C18H16BrF4N3OS/c1-25-13(5-14(27)24-7-18(21,22)23)15-11-6-17(11,8-26(15)16(25)28)10-4-9(19)2-3-12(10)20/h2-4,11H,5-8H2,1H3,(H,24,27)/t11-,17+/m0/s1. The van der Waals surface area contributed by atoms with Crippen LogP contribution in [0, 0.1) is 10.6 Å². The molecule has 28 heavy (non-hydrogen) atoms. The molecule has 0 bridgehead atoms. The highest BCUT2D eigenvalue weighted by Gasteiger charge is 2.63. The third kappa shape index (κ3) is 3.10. The molecular formula is C18H16BrF4N3OS. The summed E-state index contributed by atoms with van der Waals surface area (Å²) in [6.07, 6.45) is -3.95. The van der Waals surface area contributed by atoms with E-state index in [9.17, 15) is 22.4 Å². The molecule has 2 aromatic rings. The minimum Gasteiger partial charge on any atom is -0.347 e. The van der Waals surface area contributed by atoms with Crippen molar-refractivity contribution in [2.75, 3.05) is 6.54 Å². The van der Waals surface area contributed by atoms with Crippen LogP contribution in [0.3, 0.4) is 0 Å². The number of carbonyl (C=O) groups is 1. The van der Waals surface area contributed by atoms with Gasteiger partial charge in [-0.15, -0.1) is 0 Å². The Morgan fingerprint density at radius 3 is 2.82 bits per heavy atom. The number of alkyl halides is 3. The summed E-state index contributed by atoms with van der Waals surface area (Å²) < 4.78 is 56.4. The van der Waals surface area contributed by atoms with Crippen LogP contribution in [0.2, 0.25) is 0 Å². The summed E-state index contributed by atoms with van der Waals surface area (Å²) in [4.78, 5) is 12.1. The number of fused-ring (bicyclic) bond motifs is 3. The van der Waals surface area contributed by atoms with Gasteiger partial charge in [-0.25, -0.2) is 4.39 Å². The average molecular weight is 478 g/mol. The smallest absolute Gasteiger partial charge is 0.347 e. The van der Waals surface area contributed by atoms with Gasteiger partial charge in [0.2, 0.25) is 5.91 Å². The third-order valence-electron chi connectivity index (χ3n) is 5.63. The van der Waals surface area contributed by atoms with Crippen molar-refractivity contribution in [3.63, 3.8) is 0 Å². The first kappa shape index (κ1) is 19.6. The van der Waals surface area contributed by atoms with Gasteiger partial charge in [-0.3, -0.25) is 4.79 Å². The van der Waals surface area contributed by atoms with Crippen LogP contribution in [0.5, 0.6) is 0 Å². The summed E-state index contributed by atoms with van der Waals surface area (Å²) in [6, 6.07) is 4.81. The zero-order valence-electron chi connectivity index (χ0n) is 14.7. The average Bonchev–Trinajstić information content (AvgIpc) is 3.17. The van der Waals surface area contributed by atoms with Crippen molar-refractivity contribution >= 4 is 34.1 Å². The molecule has 0 saturated heterocycles. The molecule has 1 aromatic carbocycles. The number of hydrogen-bond acceptors (Lipinski definition) is 2. The lowest BCUT2D eigenvalue weighted by Crippen LogP contribution is -2.35. The summed E-state index contributed by atoms with van der Waals surface area (Å²) in [7, 11) is 1.70. The highest BCUT2D eigenvalue weighted by Crippen LogP contribution is 2.66. The third-order valence-corrected chi connectivity index (χ3v) is 6.62. The van der Waals surface area contributed by atoms with Crippen LogP contribution in [0.1, 0.15) is 29.3 Å². The molecule has 4 rings (SSSR count). The zero-order chi connectivity index (χ0) is 20.4. The quantitative estimate of drug-likeness (QED) is 0.531. The number of benzene rings is 1. The normalized spacial score (nSPS) is 22.7. The Morgan fingerprint density at radius 2 is 2.14 bits per heavy atom. The van der Waals surface area contributed by atoms with Gasteiger partial charge in [0.15, 0.2) is 4.77 Å². The molecule has 1 saturated carbocycles. The number of nitrogens with one attached hydrogen (secondary N) is 1. The zero-order valence-corrected chi connectivity index (χ0v) is 17.1. The van der Waals surface area contributed by atoms with Crippen LogP contribution in [0.25, 0.3) is 0 Å². The van der Waals surface area contributed by atoms with E-state index in [1.807, 2.05) is 9.88 Å². The lowest BCUT2D eigenvalue weighted by Gasteiger charge is -2.15. The first-order valence-electron chi connectivity index (χ1n) is 8.61. The number of aromatic nitrogens is 2. The molecular weight excluding hydrogens is 462 g/mol. The molecule has 0 spiro atoms. The maximum atomic E-state index is 14.5. The Labute approximate surface area is 171 Å². The van der Waals surface area contributed by atoms with Crippen LogP contribution < -0.4 is 5.32 Å². The number of carbonyl (C=O) groups excluding carboxylic acids is 1. The number of halogens is 5. The number of amides is 1. The largest absolute Gasteiger partial charge is 0.405 e. The van der Waals surface area contributed by atoms with Crippen LogP contribution in [-0.4, -0.2) is 27.8 Å². The number of imidazole rings is 1. The molecule has 1 fully saturated rings.